The highest BCUT2D eigenvalue weighted by Gasteiger charge is 2.57. The summed E-state index contributed by atoms with van der Waals surface area (Å²) in [6.07, 6.45) is 3.75. The number of fused-ring (bicyclic) bond motifs is 3. The van der Waals surface area contributed by atoms with Gasteiger partial charge in [-0.25, -0.2) is 4.39 Å². The van der Waals surface area contributed by atoms with Crippen LogP contribution in [0.2, 0.25) is 0 Å². The van der Waals surface area contributed by atoms with Crippen LogP contribution in [-0.4, -0.2) is 29.6 Å². The third kappa shape index (κ3) is 5.02. The molecule has 0 bridgehead atoms. The van der Waals surface area contributed by atoms with Gasteiger partial charge in [0, 0.05) is 5.92 Å². The van der Waals surface area contributed by atoms with E-state index in [0.717, 1.165) is 11.1 Å². The van der Waals surface area contributed by atoms with Crippen molar-refractivity contribution in [2.24, 2.45) is 23.7 Å². The number of aromatic hydroxyl groups is 1. The first-order valence-electron chi connectivity index (χ1n) is 14.3. The summed E-state index contributed by atoms with van der Waals surface area (Å²) in [5, 5.41) is 9.64. The first kappa shape index (κ1) is 27.2. The Balaban J connectivity index is 1.29. The highest BCUT2D eigenvalue weighted by Crippen LogP contribution is 2.52. The number of carbonyl (C=O) groups excluding carboxylic acids is 2. The van der Waals surface area contributed by atoms with E-state index in [9.17, 15) is 19.1 Å². The van der Waals surface area contributed by atoms with Crippen LogP contribution in [0.15, 0.2) is 90.0 Å². The molecule has 2 saturated heterocycles. The number of nitrogens with zero attached hydrogens (tertiary/aromatic N) is 1. The van der Waals surface area contributed by atoms with Crippen LogP contribution in [-0.2, 0) is 14.3 Å². The lowest BCUT2D eigenvalue weighted by Crippen LogP contribution is -2.35. The van der Waals surface area contributed by atoms with E-state index in [1.807, 2.05) is 66.7 Å². The Bertz CT molecular complexity index is 1530. The van der Waals surface area contributed by atoms with Crippen molar-refractivity contribution in [1.82, 2.24) is 0 Å². The maximum absolute atomic E-state index is 14.1. The van der Waals surface area contributed by atoms with Gasteiger partial charge in [0.15, 0.2) is 11.6 Å². The van der Waals surface area contributed by atoms with Crippen molar-refractivity contribution in [3.63, 3.8) is 0 Å². The van der Waals surface area contributed by atoms with Crippen molar-refractivity contribution in [3.05, 3.63) is 107 Å². The molecule has 3 aliphatic rings. The van der Waals surface area contributed by atoms with Crippen molar-refractivity contribution in [3.8, 4) is 5.75 Å². The minimum atomic E-state index is -0.656. The van der Waals surface area contributed by atoms with Crippen LogP contribution < -0.4 is 4.90 Å². The summed E-state index contributed by atoms with van der Waals surface area (Å²) >= 11 is 0. The molecule has 1 N–H and O–H groups in total. The van der Waals surface area contributed by atoms with Gasteiger partial charge < -0.3 is 9.84 Å². The molecular formula is C35H34FNO4. The first-order chi connectivity index (χ1) is 19.8. The van der Waals surface area contributed by atoms with Crippen LogP contribution in [0, 0.1) is 29.5 Å². The Hall–Kier alpha value is -4.03. The second-order valence-corrected chi connectivity index (χ2v) is 11.5. The summed E-state index contributed by atoms with van der Waals surface area (Å²) in [6, 6.07) is 23.6. The number of para-hydroxylation sites is 1. The number of phenols is 1. The average molecular weight is 552 g/mol. The molecule has 0 radical (unpaired) electrons. The largest absolute Gasteiger partial charge is 0.505 e. The molecule has 0 aromatic heterocycles. The molecule has 3 aromatic carbocycles. The zero-order valence-electron chi connectivity index (χ0n) is 23.3. The van der Waals surface area contributed by atoms with Gasteiger partial charge in [0.2, 0.25) is 11.8 Å². The van der Waals surface area contributed by atoms with Crippen LogP contribution in [0.25, 0.3) is 11.6 Å². The zero-order chi connectivity index (χ0) is 28.7. The summed E-state index contributed by atoms with van der Waals surface area (Å²) in [5.41, 5.74) is 5.80. The molecule has 6 heteroatoms. The van der Waals surface area contributed by atoms with Gasteiger partial charge in [0.1, 0.15) is 0 Å². The summed E-state index contributed by atoms with van der Waals surface area (Å²) in [6.45, 7) is 4.73. The van der Waals surface area contributed by atoms with Crippen molar-refractivity contribution in [2.75, 3.05) is 11.5 Å². The molecule has 5 nitrogen and oxygen atoms in total. The third-order valence-corrected chi connectivity index (χ3v) is 8.79. The fourth-order valence-electron chi connectivity index (χ4n) is 6.84. The Kier molecular flexibility index (Phi) is 7.35. The van der Waals surface area contributed by atoms with E-state index in [-0.39, 0.29) is 41.4 Å². The van der Waals surface area contributed by atoms with E-state index < -0.39 is 11.7 Å². The Morgan fingerprint density at radius 2 is 1.71 bits per heavy atom. The number of hydrogen-bond donors (Lipinski definition) is 1. The number of carbonyl (C=O) groups is 2. The Morgan fingerprint density at radius 3 is 2.39 bits per heavy atom. The Morgan fingerprint density at radius 1 is 1.00 bits per heavy atom. The van der Waals surface area contributed by atoms with Gasteiger partial charge in [-0.05, 0) is 71.7 Å². The highest BCUT2D eigenvalue weighted by atomic mass is 19.1. The third-order valence-electron chi connectivity index (χ3n) is 8.79. The van der Waals surface area contributed by atoms with E-state index in [1.165, 1.54) is 28.2 Å². The van der Waals surface area contributed by atoms with E-state index >= 15 is 0 Å². The summed E-state index contributed by atoms with van der Waals surface area (Å²) in [7, 11) is 0. The molecule has 1 aliphatic carbocycles. The molecule has 2 aliphatic heterocycles. The van der Waals surface area contributed by atoms with Crippen LogP contribution in [0.4, 0.5) is 10.1 Å². The first-order valence-corrected chi connectivity index (χ1v) is 14.3. The van der Waals surface area contributed by atoms with Gasteiger partial charge in [0.05, 0.1) is 30.2 Å². The lowest BCUT2D eigenvalue weighted by molar-refractivity contribution is -0.122. The van der Waals surface area contributed by atoms with Gasteiger partial charge in [-0.15, -0.1) is 0 Å². The average Bonchev–Trinajstić information content (AvgIpc) is 3.51. The summed E-state index contributed by atoms with van der Waals surface area (Å²) in [5.74, 6) is -1.91. The number of benzene rings is 3. The second kappa shape index (κ2) is 11.1. The SMILES string of the molecule is CC(C)C1=C2[C@@H](CC/C(=C/c3ccc(O)c(F)c3)c3ccccc3)OC[C@@H]2[C@@H]2C(=O)N(c3ccccc3)C(=O)[C@@H]2C1. The zero-order valence-corrected chi connectivity index (χ0v) is 23.3. The summed E-state index contributed by atoms with van der Waals surface area (Å²) in [4.78, 5) is 28.7. The lowest BCUT2D eigenvalue weighted by Gasteiger charge is -2.33. The van der Waals surface area contributed by atoms with E-state index in [4.69, 9.17) is 4.74 Å². The number of phenolic OH excluding ortho intramolecular Hbond substituents is 1. The molecule has 0 unspecified atom stereocenters. The topological polar surface area (TPSA) is 66.8 Å². The molecule has 2 amide bonds. The second-order valence-electron chi connectivity index (χ2n) is 11.5. The van der Waals surface area contributed by atoms with Gasteiger partial charge in [-0.1, -0.05) is 80.1 Å². The van der Waals surface area contributed by atoms with Gasteiger partial charge in [-0.3, -0.25) is 14.5 Å². The quantitative estimate of drug-likeness (QED) is 0.195. The van der Waals surface area contributed by atoms with Crippen molar-refractivity contribution in [1.29, 1.82) is 0 Å². The van der Waals surface area contributed by atoms with E-state index in [1.54, 1.807) is 6.07 Å². The monoisotopic (exact) mass is 551 g/mol. The number of anilines is 1. The van der Waals surface area contributed by atoms with Gasteiger partial charge in [0.25, 0.3) is 0 Å². The Labute approximate surface area is 240 Å². The van der Waals surface area contributed by atoms with Gasteiger partial charge in [-0.2, -0.15) is 0 Å². The minimum absolute atomic E-state index is 0.109. The molecule has 41 heavy (non-hydrogen) atoms. The van der Waals surface area contributed by atoms with Crippen LogP contribution in [0.1, 0.15) is 44.2 Å². The lowest BCUT2D eigenvalue weighted by atomic mass is 9.67. The number of allylic oxidation sites excluding steroid dienone is 2. The molecule has 0 spiro atoms. The minimum Gasteiger partial charge on any atom is -0.505 e. The smallest absolute Gasteiger partial charge is 0.238 e. The number of ether oxygens (including phenoxy) is 1. The van der Waals surface area contributed by atoms with E-state index in [2.05, 4.69) is 13.8 Å². The van der Waals surface area contributed by atoms with Crippen LogP contribution in [0.3, 0.4) is 0 Å². The number of hydrogen-bond acceptors (Lipinski definition) is 4. The standard InChI is InChI=1S/C35H34FNO4/c1-21(2)26-19-27-33(35(40)37(34(27)39)25-11-7-4-8-12-25)28-20-41-31(32(26)28)16-14-24(23-9-5-3-6-10-23)17-22-13-15-30(38)29(36)18-22/h3-13,15,17-18,21,27-28,31,33,38H,14,16,19-20H2,1-2H3/b24-17-/t27-,28+,31-,33-/m1/s1. The molecule has 0 saturated carbocycles. The van der Waals surface area contributed by atoms with Crippen LogP contribution in [0.5, 0.6) is 5.75 Å². The van der Waals surface area contributed by atoms with Gasteiger partial charge >= 0.3 is 0 Å². The fraction of sp³-hybridized carbons (Fsp3) is 0.314. The van der Waals surface area contributed by atoms with Crippen molar-refractivity contribution < 1.29 is 23.8 Å². The van der Waals surface area contributed by atoms with E-state index in [0.29, 0.717) is 37.1 Å². The number of imide groups is 1. The fourth-order valence-corrected chi connectivity index (χ4v) is 6.84. The van der Waals surface area contributed by atoms with Crippen molar-refractivity contribution >= 4 is 29.2 Å². The number of rotatable bonds is 7. The molecule has 210 valence electrons. The summed E-state index contributed by atoms with van der Waals surface area (Å²) < 4.78 is 20.5. The molecule has 4 atom stereocenters. The molecule has 2 heterocycles. The molecular weight excluding hydrogens is 517 g/mol. The molecule has 6 rings (SSSR count). The predicted molar refractivity (Wildman–Crippen MR) is 157 cm³/mol. The van der Waals surface area contributed by atoms with Crippen LogP contribution >= 0.6 is 0 Å². The normalized spacial score (nSPS) is 24.3. The maximum atomic E-state index is 14.1. The molecule has 3 aromatic rings. The predicted octanol–water partition coefficient (Wildman–Crippen LogP) is 7.03. The number of halogens is 1. The maximum Gasteiger partial charge on any atom is 0.238 e. The molecule has 2 fully saturated rings. The number of amides is 2. The highest BCUT2D eigenvalue weighted by molar-refractivity contribution is 6.22. The van der Waals surface area contributed by atoms with Crippen molar-refractivity contribution in [2.45, 2.75) is 39.2 Å².